The van der Waals surface area contributed by atoms with Crippen molar-refractivity contribution in [2.45, 2.75) is 0 Å². The Kier molecular flexibility index (Phi) is 19.1. The fourth-order valence-corrected chi connectivity index (χ4v) is 21.9. The SMILES string of the molecule is c1cc(-c2cccc3ccccc23)cc(-c2c3ccccc3c(-c3cccc4ccccc34)c3ccccc23)c1.c1ccc2c(-c3ccc(-c4c5ccccc5c(-c5cc6ccccc6c6ccccc56)c5ccccc45)cc3)cccc2c1.c1ccc2c(c1)cc(-c1ccc(-c3c4ccccc4c(-c4cc5ccccc5c5ccccc45)c4ccccc34)cc1)c1ccccc12. The zero-order valence-electron chi connectivity index (χ0n) is 72.5. The fourth-order valence-electron chi connectivity index (χ4n) is 21.9. The monoisotopic (exact) mass is 1670 g/mol. The first-order valence-electron chi connectivity index (χ1n) is 45.8. The zero-order valence-corrected chi connectivity index (χ0v) is 72.5. The lowest BCUT2D eigenvalue weighted by Crippen LogP contribution is -1.92. The molecule has 0 saturated carbocycles. The van der Waals surface area contributed by atoms with Crippen molar-refractivity contribution in [3.63, 3.8) is 0 Å². The summed E-state index contributed by atoms with van der Waals surface area (Å²) in [7, 11) is 0. The average molecular weight is 1670 g/mol. The summed E-state index contributed by atoms with van der Waals surface area (Å²) >= 11 is 0. The van der Waals surface area contributed by atoms with E-state index in [2.05, 4.69) is 510 Å². The van der Waals surface area contributed by atoms with Crippen molar-refractivity contribution in [3.05, 3.63) is 510 Å². The second-order valence-corrected chi connectivity index (χ2v) is 34.9. The molecule has 0 amide bonds. The summed E-state index contributed by atoms with van der Waals surface area (Å²) in [6.07, 6.45) is 0. The Labute approximate surface area is 765 Å². The lowest BCUT2D eigenvalue weighted by molar-refractivity contribution is 1.63. The van der Waals surface area contributed by atoms with Crippen molar-refractivity contribution in [1.29, 1.82) is 0 Å². The average Bonchev–Trinajstić information content (AvgIpc) is 0.733. The topological polar surface area (TPSA) is 0 Å². The van der Waals surface area contributed by atoms with Crippen LogP contribution in [0.5, 0.6) is 0 Å². The minimum absolute atomic E-state index is 1.23. The normalized spacial score (nSPS) is 11.6. The van der Waals surface area contributed by atoms with Crippen LogP contribution in [-0.4, -0.2) is 0 Å². The Morgan fingerprint density at radius 3 is 0.614 bits per heavy atom. The highest BCUT2D eigenvalue weighted by atomic mass is 14.3. The minimum Gasteiger partial charge on any atom is -0.0616 e. The second-order valence-electron chi connectivity index (χ2n) is 34.9. The molecule has 0 heteroatoms. The number of hydrogen-bond acceptors (Lipinski definition) is 0. The van der Waals surface area contributed by atoms with E-state index in [-0.39, 0.29) is 0 Å². The highest BCUT2D eigenvalue weighted by molar-refractivity contribution is 6.30. The lowest BCUT2D eigenvalue weighted by Gasteiger charge is -2.20. The molecule has 0 radical (unpaired) electrons. The van der Waals surface area contributed by atoms with Gasteiger partial charge in [-0.05, 0) is 286 Å². The summed E-state index contributed by atoms with van der Waals surface area (Å²) in [6.45, 7) is 0. The maximum absolute atomic E-state index is 2.40. The van der Waals surface area contributed by atoms with Crippen LogP contribution in [0.2, 0.25) is 0 Å². The van der Waals surface area contributed by atoms with Gasteiger partial charge in [0.1, 0.15) is 0 Å². The number of rotatable bonds is 9. The molecule has 0 aromatic heterocycles. The van der Waals surface area contributed by atoms with Gasteiger partial charge in [0, 0.05) is 0 Å². The fraction of sp³-hybridized carbons (Fsp3) is 0. The van der Waals surface area contributed by atoms with E-state index in [1.807, 2.05) is 0 Å². The maximum Gasteiger partial charge on any atom is -0.00199 e. The molecular formula is C132H84. The van der Waals surface area contributed by atoms with Crippen molar-refractivity contribution < 1.29 is 0 Å². The molecule has 27 rings (SSSR count). The third-order valence-electron chi connectivity index (χ3n) is 27.7. The predicted octanol–water partition coefficient (Wildman–Crippen LogP) is 37.4. The molecule has 0 heterocycles. The van der Waals surface area contributed by atoms with Crippen LogP contribution in [0.1, 0.15) is 0 Å². The maximum atomic E-state index is 2.40. The van der Waals surface area contributed by atoms with Crippen LogP contribution in [-0.2, 0) is 0 Å². The van der Waals surface area contributed by atoms with Gasteiger partial charge >= 0.3 is 0 Å². The Morgan fingerprint density at radius 1 is 0.0758 bits per heavy atom. The van der Waals surface area contributed by atoms with Gasteiger partial charge in [-0.2, -0.15) is 0 Å². The van der Waals surface area contributed by atoms with Gasteiger partial charge in [0.25, 0.3) is 0 Å². The second kappa shape index (κ2) is 32.6. The number of benzene rings is 27. The van der Waals surface area contributed by atoms with Crippen LogP contribution in [0, 0.1) is 0 Å². The molecule has 0 N–H and O–H groups in total. The smallest absolute Gasteiger partial charge is 0.00199 e. The summed E-state index contributed by atoms with van der Waals surface area (Å²) in [5.74, 6) is 0. The Bertz CT molecular complexity index is 9150. The molecule has 0 aliphatic carbocycles. The number of fused-ring (bicyclic) bond motifs is 18. The van der Waals surface area contributed by atoms with E-state index in [0.29, 0.717) is 0 Å². The number of hydrogen-bond donors (Lipinski definition) is 0. The van der Waals surface area contributed by atoms with E-state index in [4.69, 9.17) is 0 Å². The molecule has 0 unspecified atom stereocenters. The molecular weight excluding hydrogens is 1590 g/mol. The first-order valence-corrected chi connectivity index (χ1v) is 45.8. The zero-order chi connectivity index (χ0) is 87.1. The molecule has 0 atom stereocenters. The summed E-state index contributed by atoms with van der Waals surface area (Å²) in [4.78, 5) is 0. The molecule has 0 spiro atoms. The van der Waals surface area contributed by atoms with Crippen LogP contribution in [0.25, 0.3) is 262 Å². The van der Waals surface area contributed by atoms with Gasteiger partial charge in [-0.15, -0.1) is 0 Å². The highest BCUT2D eigenvalue weighted by Crippen LogP contribution is 2.52. The molecule has 0 aliphatic rings. The first kappa shape index (κ1) is 77.2. The van der Waals surface area contributed by atoms with Crippen molar-refractivity contribution in [2.75, 3.05) is 0 Å². The van der Waals surface area contributed by atoms with Crippen molar-refractivity contribution in [3.8, 4) is 100 Å². The van der Waals surface area contributed by atoms with E-state index in [1.165, 1.54) is 262 Å². The largest absolute Gasteiger partial charge is 0.0616 e. The summed E-state index contributed by atoms with van der Waals surface area (Å²) in [5.41, 5.74) is 22.8. The van der Waals surface area contributed by atoms with Crippen LogP contribution in [0.3, 0.4) is 0 Å². The van der Waals surface area contributed by atoms with Gasteiger partial charge in [0.2, 0.25) is 0 Å². The van der Waals surface area contributed by atoms with Gasteiger partial charge < -0.3 is 0 Å². The Balaban J connectivity index is 0.000000107. The Hall–Kier alpha value is -17.2. The molecule has 0 bridgehead atoms. The molecule has 27 aromatic rings. The van der Waals surface area contributed by atoms with E-state index >= 15 is 0 Å². The molecule has 0 fully saturated rings. The molecule has 132 heavy (non-hydrogen) atoms. The third-order valence-corrected chi connectivity index (χ3v) is 27.7. The summed E-state index contributed by atoms with van der Waals surface area (Å²) in [5, 5.41) is 38.4. The molecule has 0 aliphatic heterocycles. The molecule has 27 aromatic carbocycles. The quantitative estimate of drug-likeness (QED) is 0.0998. The van der Waals surface area contributed by atoms with E-state index < -0.39 is 0 Å². The van der Waals surface area contributed by atoms with Crippen molar-refractivity contribution in [2.24, 2.45) is 0 Å². The van der Waals surface area contributed by atoms with E-state index in [1.54, 1.807) is 0 Å². The molecule has 0 nitrogen and oxygen atoms in total. The van der Waals surface area contributed by atoms with Gasteiger partial charge in [-0.1, -0.05) is 485 Å². The highest BCUT2D eigenvalue weighted by Gasteiger charge is 2.25. The third kappa shape index (κ3) is 13.1. The van der Waals surface area contributed by atoms with Crippen LogP contribution in [0.15, 0.2) is 510 Å². The van der Waals surface area contributed by atoms with E-state index in [0.717, 1.165) is 0 Å². The molecule has 612 valence electrons. The first-order chi connectivity index (χ1) is 65.5. The molecule has 0 saturated heterocycles. The van der Waals surface area contributed by atoms with Gasteiger partial charge in [-0.25, -0.2) is 0 Å². The van der Waals surface area contributed by atoms with E-state index in [9.17, 15) is 0 Å². The Morgan fingerprint density at radius 2 is 0.273 bits per heavy atom. The van der Waals surface area contributed by atoms with Gasteiger partial charge in [-0.3, -0.25) is 0 Å². The minimum atomic E-state index is 1.23. The van der Waals surface area contributed by atoms with Crippen LogP contribution in [0.4, 0.5) is 0 Å². The summed E-state index contributed by atoms with van der Waals surface area (Å²) < 4.78 is 0. The predicted molar refractivity (Wildman–Crippen MR) is 571 cm³/mol. The van der Waals surface area contributed by atoms with Gasteiger partial charge in [0.05, 0.1) is 0 Å². The van der Waals surface area contributed by atoms with Crippen molar-refractivity contribution in [1.82, 2.24) is 0 Å². The standard InChI is InChI=1S/C48H30.C44H28.C40H26/c1-3-15-35-33(13-1)29-45(39-19-7-5-17-37(35)39)31-25-27-32(28-26-31)47-41-21-9-11-23-43(41)48(44-24-12-10-22-42(44)47)46-30-34-14-2-4-16-36(34)38-18-6-8-20-40(38)46;1-3-15-33-29(12-1)14-11-23-34(33)30-24-26-31(27-25-30)43-38-19-7-9-21-40(38)44(41-22-10-8-20-39(41)43)42-28-32-13-2-4-16-35(32)36-17-5-6-18-37(36)42;1-3-18-31-27(12-1)14-10-24-33(31)29-16-9-17-30(26-29)39-35-20-5-7-22-37(35)40(38-23-8-6-21-36(38)39)34-25-11-15-28-13-2-4-19-32(28)34/h1-30H;1-28H;1-26H. The van der Waals surface area contributed by atoms with Gasteiger partial charge in [0.15, 0.2) is 0 Å². The van der Waals surface area contributed by atoms with Crippen LogP contribution >= 0.6 is 0 Å². The van der Waals surface area contributed by atoms with Crippen LogP contribution < -0.4 is 0 Å². The lowest BCUT2D eigenvalue weighted by atomic mass is 9.83. The summed E-state index contributed by atoms with van der Waals surface area (Å²) in [6, 6.07) is 187. The van der Waals surface area contributed by atoms with Crippen molar-refractivity contribution >= 4 is 162 Å².